The highest BCUT2D eigenvalue weighted by molar-refractivity contribution is 14.0. The van der Waals surface area contributed by atoms with Gasteiger partial charge in [0.05, 0.1) is 11.2 Å². The van der Waals surface area contributed by atoms with Crippen molar-refractivity contribution in [3.8, 4) is 0 Å². The fraction of sp³-hybridized carbons (Fsp3) is 0.667. The molecule has 0 radical (unpaired) electrons. The number of amides is 1. The van der Waals surface area contributed by atoms with E-state index in [4.69, 9.17) is 0 Å². The minimum atomic E-state index is -0.0679. The molecule has 0 spiro atoms. The van der Waals surface area contributed by atoms with Crippen LogP contribution in [0.25, 0.3) is 0 Å². The lowest BCUT2D eigenvalue weighted by molar-refractivity contribution is 0.0957. The molecular weight excluding hydrogens is 425 g/mol. The van der Waals surface area contributed by atoms with Crippen molar-refractivity contribution >= 4 is 47.2 Å². The Hall–Kier alpha value is -0.900. The van der Waals surface area contributed by atoms with E-state index in [9.17, 15) is 4.79 Å². The molecule has 6 nitrogen and oxygen atoms in total. The van der Waals surface area contributed by atoms with Gasteiger partial charge < -0.3 is 16.0 Å². The summed E-state index contributed by atoms with van der Waals surface area (Å²) in [5.41, 5.74) is 2.46. The highest BCUT2D eigenvalue weighted by Gasteiger charge is 2.10. The topological polar surface area (TPSA) is 78.4 Å². The van der Waals surface area contributed by atoms with Crippen LogP contribution < -0.4 is 16.0 Å². The zero-order valence-corrected chi connectivity index (χ0v) is 17.5. The van der Waals surface area contributed by atoms with Crippen LogP contribution in [-0.4, -0.2) is 43.5 Å². The first-order valence-corrected chi connectivity index (χ1v) is 8.55. The zero-order valence-electron chi connectivity index (χ0n) is 14.3. The molecular formula is C15H28IN5OS. The van der Waals surface area contributed by atoms with Gasteiger partial charge in [0.1, 0.15) is 4.88 Å². The quantitative estimate of drug-likeness (QED) is 0.245. The van der Waals surface area contributed by atoms with Gasteiger partial charge in [-0.15, -0.1) is 35.3 Å². The Labute approximate surface area is 160 Å². The summed E-state index contributed by atoms with van der Waals surface area (Å²) in [7, 11) is 1.75. The molecule has 0 saturated carbocycles. The molecule has 1 aromatic heterocycles. The van der Waals surface area contributed by atoms with Crippen molar-refractivity contribution < 1.29 is 4.79 Å². The van der Waals surface area contributed by atoms with Crippen molar-refractivity contribution in [1.82, 2.24) is 20.9 Å². The summed E-state index contributed by atoms with van der Waals surface area (Å²) >= 11 is 1.36. The van der Waals surface area contributed by atoms with Crippen molar-refractivity contribution in [2.45, 2.75) is 33.6 Å². The largest absolute Gasteiger partial charge is 0.356 e. The summed E-state index contributed by atoms with van der Waals surface area (Å²) in [6.45, 7) is 8.37. The van der Waals surface area contributed by atoms with Crippen LogP contribution in [0.5, 0.6) is 0 Å². The van der Waals surface area contributed by atoms with Gasteiger partial charge in [0.25, 0.3) is 5.91 Å². The van der Waals surface area contributed by atoms with E-state index >= 15 is 0 Å². The Kier molecular flexibility index (Phi) is 12.0. The third-order valence-corrected chi connectivity index (χ3v) is 4.06. The first-order chi connectivity index (χ1) is 10.5. The van der Waals surface area contributed by atoms with Gasteiger partial charge in [0.2, 0.25) is 0 Å². The lowest BCUT2D eigenvalue weighted by Crippen LogP contribution is -2.41. The Balaban J connectivity index is 0.00000484. The molecule has 23 heavy (non-hydrogen) atoms. The second-order valence-corrected chi connectivity index (χ2v) is 6.34. The first-order valence-electron chi connectivity index (χ1n) is 7.67. The maximum Gasteiger partial charge on any atom is 0.263 e. The number of carbonyl (C=O) groups is 1. The molecule has 132 valence electrons. The van der Waals surface area contributed by atoms with Crippen LogP contribution in [0.2, 0.25) is 0 Å². The molecule has 1 heterocycles. The molecule has 0 aliphatic heterocycles. The third kappa shape index (κ3) is 9.09. The van der Waals surface area contributed by atoms with Gasteiger partial charge in [-0.3, -0.25) is 9.79 Å². The number of rotatable bonds is 8. The van der Waals surface area contributed by atoms with E-state index in [1.165, 1.54) is 17.8 Å². The van der Waals surface area contributed by atoms with Gasteiger partial charge in [-0.1, -0.05) is 13.8 Å². The van der Waals surface area contributed by atoms with E-state index < -0.39 is 0 Å². The number of nitrogens with one attached hydrogen (secondary N) is 3. The molecule has 0 unspecified atom stereocenters. The highest BCUT2D eigenvalue weighted by atomic mass is 127. The first kappa shape index (κ1) is 22.1. The van der Waals surface area contributed by atoms with Gasteiger partial charge in [-0.2, -0.15) is 0 Å². The van der Waals surface area contributed by atoms with Crippen molar-refractivity contribution in [3.05, 3.63) is 16.1 Å². The Morgan fingerprint density at radius 3 is 2.48 bits per heavy atom. The van der Waals surface area contributed by atoms with E-state index in [-0.39, 0.29) is 29.9 Å². The number of aliphatic imine (C=N–C) groups is 1. The van der Waals surface area contributed by atoms with Gasteiger partial charge in [-0.05, 0) is 25.7 Å². The summed E-state index contributed by atoms with van der Waals surface area (Å²) in [4.78, 5) is 20.8. The number of aryl methyl sites for hydroxylation is 1. The standard InChI is InChI=1S/C15H27N5OS.HI/c1-11(2)6-5-7-18-15(16-4)19-9-8-17-14(21)13-12(3)20-10-22-13;/h10-11H,5-9H2,1-4H3,(H,17,21)(H2,16,18,19);1H. The van der Waals surface area contributed by atoms with Crippen molar-refractivity contribution in [3.63, 3.8) is 0 Å². The molecule has 0 bridgehead atoms. The summed E-state index contributed by atoms with van der Waals surface area (Å²) in [5.74, 6) is 1.43. The summed E-state index contributed by atoms with van der Waals surface area (Å²) in [6, 6.07) is 0. The molecule has 0 saturated heterocycles. The monoisotopic (exact) mass is 453 g/mol. The smallest absolute Gasteiger partial charge is 0.263 e. The fourth-order valence-electron chi connectivity index (χ4n) is 1.89. The number of hydrogen-bond acceptors (Lipinski definition) is 4. The summed E-state index contributed by atoms with van der Waals surface area (Å²) in [5, 5.41) is 9.33. The molecule has 0 atom stereocenters. The molecule has 3 N–H and O–H groups in total. The average molecular weight is 453 g/mol. The molecule has 1 rings (SSSR count). The Morgan fingerprint density at radius 2 is 1.91 bits per heavy atom. The molecule has 1 aromatic rings. The van der Waals surface area contributed by atoms with Crippen LogP contribution in [0.15, 0.2) is 10.5 Å². The lowest BCUT2D eigenvalue weighted by atomic mass is 10.1. The molecule has 0 aromatic carbocycles. The number of guanidine groups is 1. The van der Waals surface area contributed by atoms with Crippen molar-refractivity contribution in [2.75, 3.05) is 26.7 Å². The second-order valence-electron chi connectivity index (χ2n) is 5.48. The van der Waals surface area contributed by atoms with Gasteiger partial charge in [-0.25, -0.2) is 4.98 Å². The Morgan fingerprint density at radius 1 is 1.26 bits per heavy atom. The van der Waals surface area contributed by atoms with Crippen LogP contribution >= 0.6 is 35.3 Å². The maximum absolute atomic E-state index is 11.9. The fourth-order valence-corrected chi connectivity index (χ4v) is 2.61. The van der Waals surface area contributed by atoms with Gasteiger partial charge >= 0.3 is 0 Å². The normalized spacial score (nSPS) is 11.1. The summed E-state index contributed by atoms with van der Waals surface area (Å²) < 4.78 is 0. The minimum absolute atomic E-state index is 0. The molecule has 0 fully saturated rings. The van der Waals surface area contributed by atoms with Crippen LogP contribution in [0.4, 0.5) is 0 Å². The van der Waals surface area contributed by atoms with E-state index in [0.717, 1.165) is 30.5 Å². The predicted octanol–water partition coefficient (Wildman–Crippen LogP) is 2.40. The van der Waals surface area contributed by atoms with E-state index in [1.54, 1.807) is 12.6 Å². The number of hydrogen-bond donors (Lipinski definition) is 3. The number of nitrogens with zero attached hydrogens (tertiary/aromatic N) is 2. The van der Waals surface area contributed by atoms with Gasteiger partial charge in [0, 0.05) is 26.7 Å². The Bertz CT molecular complexity index is 490. The van der Waals surface area contributed by atoms with Crippen LogP contribution in [0.3, 0.4) is 0 Å². The maximum atomic E-state index is 11.9. The second kappa shape index (κ2) is 12.5. The van der Waals surface area contributed by atoms with Crippen molar-refractivity contribution in [2.24, 2.45) is 10.9 Å². The SMILES string of the molecule is CN=C(NCCCC(C)C)NCCNC(=O)c1scnc1C.I. The molecule has 8 heteroatoms. The predicted molar refractivity (Wildman–Crippen MR) is 108 cm³/mol. The van der Waals surface area contributed by atoms with E-state index in [0.29, 0.717) is 18.0 Å². The molecule has 0 aliphatic rings. The number of halogens is 1. The average Bonchev–Trinajstić information content (AvgIpc) is 2.91. The van der Waals surface area contributed by atoms with E-state index in [2.05, 4.69) is 39.8 Å². The molecule has 1 amide bonds. The van der Waals surface area contributed by atoms with Crippen molar-refractivity contribution in [1.29, 1.82) is 0 Å². The van der Waals surface area contributed by atoms with Crippen LogP contribution in [0, 0.1) is 12.8 Å². The minimum Gasteiger partial charge on any atom is -0.356 e. The third-order valence-electron chi connectivity index (χ3n) is 3.13. The van der Waals surface area contributed by atoms with Crippen LogP contribution in [-0.2, 0) is 0 Å². The number of thiazole rings is 1. The zero-order chi connectivity index (χ0) is 16.4. The number of aromatic nitrogens is 1. The highest BCUT2D eigenvalue weighted by Crippen LogP contribution is 2.11. The summed E-state index contributed by atoms with van der Waals surface area (Å²) in [6.07, 6.45) is 2.33. The number of carbonyl (C=O) groups excluding carboxylic acids is 1. The molecule has 0 aliphatic carbocycles. The van der Waals surface area contributed by atoms with E-state index in [1.807, 2.05) is 6.92 Å². The lowest BCUT2D eigenvalue weighted by Gasteiger charge is -2.12. The van der Waals surface area contributed by atoms with Crippen LogP contribution in [0.1, 0.15) is 42.1 Å². The van der Waals surface area contributed by atoms with Gasteiger partial charge in [0.15, 0.2) is 5.96 Å².